The van der Waals surface area contributed by atoms with Crippen molar-refractivity contribution in [3.8, 4) is 0 Å². The lowest BCUT2D eigenvalue weighted by molar-refractivity contribution is 0.0951. The Bertz CT molecular complexity index is 898. The minimum atomic E-state index is -0.529. The lowest BCUT2D eigenvalue weighted by atomic mass is 10.2. The van der Waals surface area contributed by atoms with Crippen molar-refractivity contribution in [3.63, 3.8) is 0 Å². The number of nitrogens with one attached hydrogen (secondary N) is 3. The third-order valence-electron chi connectivity index (χ3n) is 4.83. The number of halogens is 3. The molecule has 0 saturated carbocycles. The Morgan fingerprint density at radius 2 is 2.03 bits per heavy atom. The maximum absolute atomic E-state index is 13.7. The molecule has 31 heavy (non-hydrogen) atoms. The average Bonchev–Trinajstić information content (AvgIpc) is 3.20. The number of anilines is 1. The first-order valence-electron chi connectivity index (χ1n) is 10.1. The van der Waals surface area contributed by atoms with Crippen molar-refractivity contribution in [2.75, 3.05) is 37.6 Å². The molecule has 1 heterocycles. The van der Waals surface area contributed by atoms with Crippen LogP contribution in [0.4, 0.5) is 10.1 Å². The van der Waals surface area contributed by atoms with Gasteiger partial charge in [-0.3, -0.25) is 9.79 Å². The summed E-state index contributed by atoms with van der Waals surface area (Å²) < 4.78 is 13.7. The van der Waals surface area contributed by atoms with Crippen molar-refractivity contribution in [1.82, 2.24) is 16.0 Å². The number of nitrogens with zero attached hydrogens (tertiary/aromatic N) is 2. The number of carbonyl (C=O) groups excluding carboxylic acids is 1. The Balaban J connectivity index is 0.00000341. The number of carbonyl (C=O) groups is 1. The van der Waals surface area contributed by atoms with Gasteiger partial charge in [-0.15, -0.1) is 24.0 Å². The third kappa shape index (κ3) is 7.53. The second-order valence-corrected chi connectivity index (χ2v) is 7.49. The molecule has 3 rings (SSSR count). The second kappa shape index (κ2) is 12.7. The molecule has 1 aliphatic rings. The van der Waals surface area contributed by atoms with Crippen molar-refractivity contribution in [3.05, 3.63) is 64.9 Å². The maximum atomic E-state index is 13.7. The highest BCUT2D eigenvalue weighted by Gasteiger charge is 2.23. The molecule has 168 valence electrons. The van der Waals surface area contributed by atoms with Crippen LogP contribution in [0.15, 0.2) is 53.5 Å². The summed E-state index contributed by atoms with van der Waals surface area (Å²) in [5.41, 5.74) is 1.16. The van der Waals surface area contributed by atoms with Crippen molar-refractivity contribution < 1.29 is 9.18 Å². The fourth-order valence-corrected chi connectivity index (χ4v) is 3.56. The van der Waals surface area contributed by atoms with Gasteiger partial charge in [-0.05, 0) is 43.7 Å². The number of benzene rings is 2. The zero-order valence-electron chi connectivity index (χ0n) is 17.4. The number of rotatable bonds is 7. The monoisotopic (exact) mass is 559 g/mol. The Morgan fingerprint density at radius 1 is 1.23 bits per heavy atom. The van der Waals surface area contributed by atoms with Crippen LogP contribution in [0.1, 0.15) is 23.7 Å². The van der Waals surface area contributed by atoms with E-state index in [1.54, 1.807) is 12.1 Å². The molecule has 0 aliphatic carbocycles. The van der Waals surface area contributed by atoms with Gasteiger partial charge in [0, 0.05) is 42.9 Å². The Kier molecular flexibility index (Phi) is 10.3. The molecule has 3 N–H and O–H groups in total. The molecule has 1 fully saturated rings. The summed E-state index contributed by atoms with van der Waals surface area (Å²) in [4.78, 5) is 18.9. The van der Waals surface area contributed by atoms with Gasteiger partial charge in [-0.25, -0.2) is 4.39 Å². The van der Waals surface area contributed by atoms with Crippen molar-refractivity contribution in [2.45, 2.75) is 19.4 Å². The van der Waals surface area contributed by atoms with E-state index in [-0.39, 0.29) is 35.6 Å². The van der Waals surface area contributed by atoms with E-state index in [0.717, 1.165) is 36.8 Å². The molecular weight excluding hydrogens is 532 g/mol. The quantitative estimate of drug-likeness (QED) is 0.210. The van der Waals surface area contributed by atoms with Crippen molar-refractivity contribution in [1.29, 1.82) is 0 Å². The van der Waals surface area contributed by atoms with Crippen LogP contribution in [-0.2, 0) is 0 Å². The Morgan fingerprint density at radius 3 is 2.77 bits per heavy atom. The van der Waals surface area contributed by atoms with E-state index in [0.29, 0.717) is 19.0 Å². The fourth-order valence-electron chi connectivity index (χ4n) is 3.38. The van der Waals surface area contributed by atoms with E-state index >= 15 is 0 Å². The smallest absolute Gasteiger partial charge is 0.254 e. The molecule has 0 spiro atoms. The minimum Gasteiger partial charge on any atom is -0.369 e. The van der Waals surface area contributed by atoms with Gasteiger partial charge in [0.05, 0.1) is 12.1 Å². The lowest BCUT2D eigenvalue weighted by Crippen LogP contribution is -2.45. The van der Waals surface area contributed by atoms with Crippen LogP contribution in [-0.4, -0.2) is 50.6 Å². The highest BCUT2D eigenvalue weighted by atomic mass is 127. The zero-order valence-corrected chi connectivity index (χ0v) is 20.5. The average molecular weight is 560 g/mol. The molecule has 2 aromatic carbocycles. The topological polar surface area (TPSA) is 68.8 Å². The van der Waals surface area contributed by atoms with Crippen molar-refractivity contribution in [2.24, 2.45) is 4.99 Å². The number of hydrogen-bond acceptors (Lipinski definition) is 3. The lowest BCUT2D eigenvalue weighted by Gasteiger charge is -2.20. The molecule has 1 aliphatic heterocycles. The van der Waals surface area contributed by atoms with Crippen LogP contribution < -0.4 is 20.9 Å². The standard InChI is InChI=1S/C22H27ClFN5O.HI/c1-2-25-22(27-12-11-26-21(30)19-8-3-4-9-20(19)24)28-17-10-13-29(15-17)18-7-5-6-16(23)14-18;/h3-9,14,17H,2,10-13,15H2,1H3,(H,26,30)(H2,25,27,28);1H. The number of aliphatic imine (C=N–C) groups is 1. The number of amides is 1. The first-order valence-corrected chi connectivity index (χ1v) is 10.5. The van der Waals surface area contributed by atoms with Crippen LogP contribution in [0, 0.1) is 5.82 Å². The van der Waals surface area contributed by atoms with Gasteiger partial charge in [-0.1, -0.05) is 29.8 Å². The summed E-state index contributed by atoms with van der Waals surface area (Å²) in [6.45, 7) is 5.25. The molecule has 1 amide bonds. The molecular formula is C22H28ClFIN5O. The first-order chi connectivity index (χ1) is 14.6. The summed E-state index contributed by atoms with van der Waals surface area (Å²) in [6.07, 6.45) is 0.987. The summed E-state index contributed by atoms with van der Waals surface area (Å²) in [7, 11) is 0. The maximum Gasteiger partial charge on any atom is 0.254 e. The predicted octanol–water partition coefficient (Wildman–Crippen LogP) is 3.66. The normalized spacial score (nSPS) is 15.9. The van der Waals surface area contributed by atoms with Gasteiger partial charge in [0.1, 0.15) is 5.82 Å². The largest absolute Gasteiger partial charge is 0.369 e. The van der Waals surface area contributed by atoms with E-state index in [2.05, 4.69) is 31.9 Å². The minimum absolute atomic E-state index is 0. The number of hydrogen-bond donors (Lipinski definition) is 3. The van der Waals surface area contributed by atoms with E-state index < -0.39 is 11.7 Å². The molecule has 1 atom stereocenters. The van der Waals surface area contributed by atoms with Gasteiger partial charge in [0.2, 0.25) is 0 Å². The molecule has 0 radical (unpaired) electrons. The van der Waals surface area contributed by atoms with Crippen LogP contribution >= 0.6 is 35.6 Å². The third-order valence-corrected chi connectivity index (χ3v) is 5.07. The first kappa shape index (κ1) is 25.2. The molecule has 9 heteroatoms. The van der Waals surface area contributed by atoms with Crippen LogP contribution in [0.5, 0.6) is 0 Å². The van der Waals surface area contributed by atoms with E-state index in [1.165, 1.54) is 12.1 Å². The SMILES string of the molecule is CCNC(=NCCNC(=O)c1ccccc1F)NC1CCN(c2cccc(Cl)c2)C1.I. The summed E-state index contributed by atoms with van der Waals surface area (Å²) in [5.74, 6) is -0.260. The van der Waals surface area contributed by atoms with Gasteiger partial charge in [0.15, 0.2) is 5.96 Å². The van der Waals surface area contributed by atoms with Crippen LogP contribution in [0.25, 0.3) is 0 Å². The molecule has 2 aromatic rings. The zero-order chi connectivity index (χ0) is 21.3. The van der Waals surface area contributed by atoms with Crippen LogP contribution in [0.3, 0.4) is 0 Å². The summed E-state index contributed by atoms with van der Waals surface area (Å²) in [6, 6.07) is 14.1. The molecule has 6 nitrogen and oxygen atoms in total. The molecule has 1 saturated heterocycles. The predicted molar refractivity (Wildman–Crippen MR) is 135 cm³/mol. The summed E-state index contributed by atoms with van der Waals surface area (Å²) in [5, 5.41) is 10.1. The Hall–Kier alpha value is -2.07. The molecule has 1 unspecified atom stereocenters. The van der Waals surface area contributed by atoms with Gasteiger partial charge < -0.3 is 20.9 Å². The fraction of sp³-hybridized carbons (Fsp3) is 0.364. The summed E-state index contributed by atoms with van der Waals surface area (Å²) >= 11 is 6.10. The second-order valence-electron chi connectivity index (χ2n) is 7.05. The van der Waals surface area contributed by atoms with Gasteiger partial charge in [-0.2, -0.15) is 0 Å². The van der Waals surface area contributed by atoms with E-state index in [1.807, 2.05) is 25.1 Å². The van der Waals surface area contributed by atoms with Crippen LogP contribution in [0.2, 0.25) is 5.02 Å². The molecule has 0 bridgehead atoms. The molecule has 0 aromatic heterocycles. The number of guanidine groups is 1. The van der Waals surface area contributed by atoms with Gasteiger partial charge >= 0.3 is 0 Å². The van der Waals surface area contributed by atoms with E-state index in [4.69, 9.17) is 11.6 Å². The van der Waals surface area contributed by atoms with E-state index in [9.17, 15) is 9.18 Å². The highest BCUT2D eigenvalue weighted by molar-refractivity contribution is 14.0. The van der Waals surface area contributed by atoms with Gasteiger partial charge in [0.25, 0.3) is 5.91 Å². The Labute approximate surface area is 204 Å². The highest BCUT2D eigenvalue weighted by Crippen LogP contribution is 2.23. The van der Waals surface area contributed by atoms with Crippen molar-refractivity contribution >= 4 is 53.1 Å².